The maximum absolute atomic E-state index is 8.75. The van der Waals surface area contributed by atoms with E-state index in [2.05, 4.69) is 20.4 Å². The normalized spacial score (nSPS) is 11.1. The Hall–Kier alpha value is -1.69. The Morgan fingerprint density at radius 2 is 2.11 bits per heavy atom. The fourth-order valence-electron chi connectivity index (χ4n) is 1.97. The summed E-state index contributed by atoms with van der Waals surface area (Å²) in [6, 6.07) is 0. The van der Waals surface area contributed by atoms with Crippen molar-refractivity contribution < 1.29 is 5.11 Å². The standard InChI is InChI=1S/C12H19N5O/c1-9-15-11-10(6-4-3-5-7-18)8-14-17(11)12(13-2)16-9/h8,18H,3-7H2,1-2H3,(H,13,15,16)/i7+1. The van der Waals surface area contributed by atoms with Crippen LogP contribution < -0.4 is 5.32 Å². The molecule has 2 N–H and O–H groups in total. The van der Waals surface area contributed by atoms with Gasteiger partial charge in [0.05, 0.1) is 6.20 Å². The van der Waals surface area contributed by atoms with Crippen molar-refractivity contribution in [3.8, 4) is 0 Å². The Kier molecular flexibility index (Phi) is 4.09. The third-order valence-corrected chi connectivity index (χ3v) is 2.88. The van der Waals surface area contributed by atoms with Crippen LogP contribution in [0.5, 0.6) is 0 Å². The molecule has 0 aliphatic rings. The average molecular weight is 250 g/mol. The third-order valence-electron chi connectivity index (χ3n) is 2.88. The molecule has 0 saturated heterocycles. The van der Waals surface area contributed by atoms with Gasteiger partial charge in [0, 0.05) is 19.2 Å². The highest BCUT2D eigenvalue weighted by atomic mass is 16.3. The van der Waals surface area contributed by atoms with Gasteiger partial charge in [0.15, 0.2) is 5.65 Å². The zero-order chi connectivity index (χ0) is 13.0. The van der Waals surface area contributed by atoms with Crippen LogP contribution in [0.25, 0.3) is 5.65 Å². The first kappa shape index (κ1) is 12.8. The van der Waals surface area contributed by atoms with E-state index in [1.54, 1.807) is 4.52 Å². The molecular formula is C12H19N5O. The number of aromatic nitrogens is 4. The number of anilines is 1. The van der Waals surface area contributed by atoms with Gasteiger partial charge in [-0.15, -0.1) is 0 Å². The number of aliphatic hydroxyl groups excluding tert-OH is 1. The Morgan fingerprint density at radius 3 is 2.83 bits per heavy atom. The maximum Gasteiger partial charge on any atom is 0.227 e. The van der Waals surface area contributed by atoms with Crippen molar-refractivity contribution in [3.63, 3.8) is 0 Å². The maximum atomic E-state index is 8.75. The van der Waals surface area contributed by atoms with Gasteiger partial charge in [-0.25, -0.2) is 4.98 Å². The second kappa shape index (κ2) is 5.77. The summed E-state index contributed by atoms with van der Waals surface area (Å²) in [6.45, 7) is 2.14. The first-order valence-corrected chi connectivity index (χ1v) is 6.26. The zero-order valence-electron chi connectivity index (χ0n) is 10.8. The minimum Gasteiger partial charge on any atom is -0.396 e. The van der Waals surface area contributed by atoms with E-state index < -0.39 is 0 Å². The molecule has 2 aromatic heterocycles. The van der Waals surface area contributed by atoms with Gasteiger partial charge in [0.2, 0.25) is 5.95 Å². The molecule has 0 atom stereocenters. The molecule has 0 bridgehead atoms. The van der Waals surface area contributed by atoms with E-state index in [1.165, 1.54) is 0 Å². The second-order valence-electron chi connectivity index (χ2n) is 4.28. The van der Waals surface area contributed by atoms with Crippen molar-refractivity contribution in [2.24, 2.45) is 0 Å². The van der Waals surface area contributed by atoms with Crippen molar-refractivity contribution in [2.45, 2.75) is 32.6 Å². The van der Waals surface area contributed by atoms with E-state index in [-0.39, 0.29) is 6.61 Å². The molecule has 6 heteroatoms. The molecule has 0 aromatic carbocycles. The Balaban J connectivity index is 2.21. The number of aryl methyl sites for hydroxylation is 2. The summed E-state index contributed by atoms with van der Waals surface area (Å²) in [6.07, 6.45) is 5.71. The Morgan fingerprint density at radius 1 is 1.28 bits per heavy atom. The molecule has 2 heterocycles. The van der Waals surface area contributed by atoms with Crippen LogP contribution >= 0.6 is 0 Å². The molecule has 2 rings (SSSR count). The van der Waals surface area contributed by atoms with Crippen LogP contribution in [-0.4, -0.2) is 38.3 Å². The van der Waals surface area contributed by atoms with Gasteiger partial charge in [0.25, 0.3) is 0 Å². The molecule has 0 saturated carbocycles. The summed E-state index contributed by atoms with van der Waals surface area (Å²) < 4.78 is 1.73. The third kappa shape index (κ3) is 2.59. The second-order valence-corrected chi connectivity index (χ2v) is 4.28. The van der Waals surface area contributed by atoms with Crippen LogP contribution in [0.15, 0.2) is 6.20 Å². The number of hydrogen-bond donors (Lipinski definition) is 2. The molecule has 98 valence electrons. The molecule has 2 aromatic rings. The number of nitrogens with one attached hydrogen (secondary N) is 1. The lowest BCUT2D eigenvalue weighted by Crippen LogP contribution is -2.06. The van der Waals surface area contributed by atoms with Gasteiger partial charge in [0.1, 0.15) is 5.82 Å². The summed E-state index contributed by atoms with van der Waals surface area (Å²) >= 11 is 0. The molecule has 0 fully saturated rings. The molecule has 0 aliphatic heterocycles. The summed E-state index contributed by atoms with van der Waals surface area (Å²) in [5, 5.41) is 16.1. The smallest absolute Gasteiger partial charge is 0.227 e. The fourth-order valence-corrected chi connectivity index (χ4v) is 1.97. The minimum absolute atomic E-state index is 0.264. The van der Waals surface area contributed by atoms with E-state index in [0.717, 1.165) is 42.7 Å². The van der Waals surface area contributed by atoms with Crippen LogP contribution in [0.3, 0.4) is 0 Å². The fraction of sp³-hybridized carbons (Fsp3) is 0.583. The predicted molar refractivity (Wildman–Crippen MR) is 69.7 cm³/mol. The summed E-state index contributed by atoms with van der Waals surface area (Å²) in [5.74, 6) is 1.45. The molecule has 0 spiro atoms. The van der Waals surface area contributed by atoms with Crippen molar-refractivity contribution in [2.75, 3.05) is 19.0 Å². The van der Waals surface area contributed by atoms with Gasteiger partial charge in [-0.3, -0.25) is 0 Å². The molecule has 6 nitrogen and oxygen atoms in total. The van der Waals surface area contributed by atoms with Gasteiger partial charge < -0.3 is 10.4 Å². The zero-order valence-corrected chi connectivity index (χ0v) is 10.8. The molecule has 18 heavy (non-hydrogen) atoms. The lowest BCUT2D eigenvalue weighted by atomic mass is 10.1. The topological polar surface area (TPSA) is 75.3 Å². The van der Waals surface area contributed by atoms with Crippen molar-refractivity contribution in [1.82, 2.24) is 19.6 Å². The Labute approximate surface area is 106 Å². The molecular weight excluding hydrogens is 231 g/mol. The molecule has 0 aliphatic carbocycles. The molecule has 0 radical (unpaired) electrons. The van der Waals surface area contributed by atoms with Crippen LogP contribution in [0.2, 0.25) is 0 Å². The number of fused-ring (bicyclic) bond motifs is 1. The van der Waals surface area contributed by atoms with E-state index in [4.69, 9.17) is 5.11 Å². The largest absolute Gasteiger partial charge is 0.396 e. The van der Waals surface area contributed by atoms with Gasteiger partial charge in [-0.2, -0.15) is 14.6 Å². The highest BCUT2D eigenvalue weighted by Crippen LogP contribution is 2.15. The van der Waals surface area contributed by atoms with Gasteiger partial charge in [-0.05, 0) is 26.2 Å². The van der Waals surface area contributed by atoms with Crippen LogP contribution in [-0.2, 0) is 6.42 Å². The summed E-state index contributed by atoms with van der Waals surface area (Å²) in [4.78, 5) is 8.73. The van der Waals surface area contributed by atoms with Crippen molar-refractivity contribution >= 4 is 11.6 Å². The lowest BCUT2D eigenvalue weighted by molar-refractivity contribution is 0.283. The monoisotopic (exact) mass is 250 g/mol. The minimum atomic E-state index is 0.264. The first-order chi connectivity index (χ1) is 8.76. The SMILES string of the molecule is CNc1nc(C)nc2c(CCCC[13CH2]O)cnn12. The Bertz CT molecular complexity index is 522. The van der Waals surface area contributed by atoms with E-state index in [1.807, 2.05) is 20.2 Å². The average Bonchev–Trinajstić information content (AvgIpc) is 2.77. The summed E-state index contributed by atoms with van der Waals surface area (Å²) in [5.41, 5.74) is 2.01. The summed E-state index contributed by atoms with van der Waals surface area (Å²) in [7, 11) is 1.82. The highest BCUT2D eigenvalue weighted by molar-refractivity contribution is 5.50. The highest BCUT2D eigenvalue weighted by Gasteiger charge is 2.10. The number of hydrogen-bond acceptors (Lipinski definition) is 5. The van der Waals surface area contributed by atoms with Gasteiger partial charge in [-0.1, -0.05) is 6.42 Å². The molecule has 0 unspecified atom stereocenters. The van der Waals surface area contributed by atoms with E-state index >= 15 is 0 Å². The van der Waals surface area contributed by atoms with Crippen molar-refractivity contribution in [1.29, 1.82) is 0 Å². The number of rotatable bonds is 6. The van der Waals surface area contributed by atoms with Crippen LogP contribution in [0, 0.1) is 6.92 Å². The lowest BCUT2D eigenvalue weighted by Gasteiger charge is -2.04. The van der Waals surface area contributed by atoms with E-state index in [9.17, 15) is 0 Å². The van der Waals surface area contributed by atoms with Crippen LogP contribution in [0.1, 0.15) is 30.7 Å². The predicted octanol–water partition coefficient (Wildman–Crippen LogP) is 1.18. The first-order valence-electron chi connectivity index (χ1n) is 6.26. The quantitative estimate of drug-likeness (QED) is 0.595. The molecule has 0 amide bonds. The van der Waals surface area contributed by atoms with Crippen molar-refractivity contribution in [3.05, 3.63) is 17.6 Å². The number of unbranched alkanes of at least 4 members (excludes halogenated alkanes) is 2. The number of nitrogens with zero attached hydrogens (tertiary/aromatic N) is 4. The van der Waals surface area contributed by atoms with E-state index in [0.29, 0.717) is 5.95 Å². The van der Waals surface area contributed by atoms with Gasteiger partial charge >= 0.3 is 0 Å². The number of aliphatic hydroxyl groups is 1. The van der Waals surface area contributed by atoms with Crippen LogP contribution in [0.4, 0.5) is 5.95 Å².